The molecule has 2 rings (SSSR count). The summed E-state index contributed by atoms with van der Waals surface area (Å²) in [5.74, 6) is 0.389. The summed E-state index contributed by atoms with van der Waals surface area (Å²) in [6, 6.07) is 14.2. The fourth-order valence-electron chi connectivity index (χ4n) is 2.25. The molecule has 0 spiro atoms. The zero-order valence-corrected chi connectivity index (χ0v) is 15.9. The van der Waals surface area contributed by atoms with Crippen LogP contribution < -0.4 is 15.4 Å². The van der Waals surface area contributed by atoms with Gasteiger partial charge >= 0.3 is 6.09 Å². The molecule has 142 valence electrons. The minimum Gasteiger partial charge on any atom is -0.496 e. The summed E-state index contributed by atoms with van der Waals surface area (Å²) in [7, 11) is 1.58. The Morgan fingerprint density at radius 1 is 0.963 bits per heavy atom. The summed E-state index contributed by atoms with van der Waals surface area (Å²) < 4.78 is 10.5. The fourth-order valence-corrected chi connectivity index (χ4v) is 2.25. The van der Waals surface area contributed by atoms with E-state index in [0.717, 1.165) is 5.56 Å². The van der Waals surface area contributed by atoms with Gasteiger partial charge < -0.3 is 14.8 Å². The highest BCUT2D eigenvalue weighted by Crippen LogP contribution is 2.19. The quantitative estimate of drug-likeness (QED) is 0.751. The van der Waals surface area contributed by atoms with E-state index in [1.807, 2.05) is 24.3 Å². The van der Waals surface area contributed by atoms with E-state index in [1.165, 1.54) is 6.08 Å². The van der Waals surface area contributed by atoms with E-state index in [4.69, 9.17) is 9.47 Å². The molecule has 0 atom stereocenters. The van der Waals surface area contributed by atoms with Crippen LogP contribution in [0.2, 0.25) is 0 Å². The predicted octanol–water partition coefficient (Wildman–Crippen LogP) is 4.69. The number of amides is 2. The molecule has 6 heteroatoms. The first-order chi connectivity index (χ1) is 12.8. The van der Waals surface area contributed by atoms with Crippen molar-refractivity contribution in [2.24, 2.45) is 0 Å². The molecule has 2 amide bonds. The average Bonchev–Trinajstić information content (AvgIpc) is 2.58. The van der Waals surface area contributed by atoms with Gasteiger partial charge in [0.05, 0.1) is 7.11 Å². The maximum atomic E-state index is 12.2. The molecule has 0 unspecified atom stereocenters. The molecule has 2 N–H and O–H groups in total. The van der Waals surface area contributed by atoms with Gasteiger partial charge in [-0.25, -0.2) is 4.79 Å². The Morgan fingerprint density at radius 2 is 1.63 bits per heavy atom. The summed E-state index contributed by atoms with van der Waals surface area (Å²) in [4.78, 5) is 24.0. The third-order valence-corrected chi connectivity index (χ3v) is 3.33. The van der Waals surface area contributed by atoms with Crippen molar-refractivity contribution in [3.63, 3.8) is 0 Å². The highest BCUT2D eigenvalue weighted by Gasteiger charge is 2.16. The number of para-hydroxylation sites is 1. The summed E-state index contributed by atoms with van der Waals surface area (Å²) in [5.41, 5.74) is 1.30. The van der Waals surface area contributed by atoms with E-state index < -0.39 is 11.7 Å². The van der Waals surface area contributed by atoms with Gasteiger partial charge in [-0.2, -0.15) is 0 Å². The molecule has 0 saturated heterocycles. The fraction of sp³-hybridized carbons (Fsp3) is 0.238. The average molecular weight is 368 g/mol. The van der Waals surface area contributed by atoms with Gasteiger partial charge in [0.2, 0.25) is 5.91 Å². The number of rotatable bonds is 5. The van der Waals surface area contributed by atoms with Gasteiger partial charge in [0.1, 0.15) is 11.4 Å². The highest BCUT2D eigenvalue weighted by atomic mass is 16.6. The van der Waals surface area contributed by atoms with Crippen molar-refractivity contribution in [3.05, 3.63) is 60.2 Å². The van der Waals surface area contributed by atoms with Crippen LogP contribution in [0.25, 0.3) is 6.08 Å². The third-order valence-electron chi connectivity index (χ3n) is 3.33. The Hall–Kier alpha value is -3.28. The lowest BCUT2D eigenvalue weighted by atomic mass is 10.2. The topological polar surface area (TPSA) is 76.7 Å². The van der Waals surface area contributed by atoms with E-state index in [2.05, 4.69) is 10.6 Å². The summed E-state index contributed by atoms with van der Waals surface area (Å²) >= 11 is 0. The molecule has 0 heterocycles. The Labute approximate surface area is 159 Å². The lowest BCUT2D eigenvalue weighted by Gasteiger charge is -2.19. The number of ether oxygens (including phenoxy) is 2. The third kappa shape index (κ3) is 6.86. The van der Waals surface area contributed by atoms with Crippen molar-refractivity contribution in [1.29, 1.82) is 0 Å². The molecule has 0 aromatic heterocycles. The van der Waals surface area contributed by atoms with Gasteiger partial charge in [-0.05, 0) is 51.1 Å². The van der Waals surface area contributed by atoms with E-state index >= 15 is 0 Å². The van der Waals surface area contributed by atoms with Crippen LogP contribution in [0.1, 0.15) is 26.3 Å². The summed E-state index contributed by atoms with van der Waals surface area (Å²) in [6.07, 6.45) is 2.55. The van der Waals surface area contributed by atoms with Gasteiger partial charge in [-0.3, -0.25) is 10.1 Å². The smallest absolute Gasteiger partial charge is 0.412 e. The minimum atomic E-state index is -0.584. The summed E-state index contributed by atoms with van der Waals surface area (Å²) in [5, 5.41) is 5.39. The Morgan fingerprint density at radius 3 is 2.30 bits per heavy atom. The molecule has 0 bridgehead atoms. The van der Waals surface area contributed by atoms with Crippen LogP contribution in [0.5, 0.6) is 5.75 Å². The zero-order chi connectivity index (χ0) is 19.9. The monoisotopic (exact) mass is 368 g/mol. The molecule has 0 radical (unpaired) electrons. The normalized spacial score (nSPS) is 11.1. The Bertz CT molecular complexity index is 838. The van der Waals surface area contributed by atoms with Gasteiger partial charge in [0.25, 0.3) is 0 Å². The molecule has 0 aliphatic heterocycles. The Kier molecular flexibility index (Phi) is 6.60. The van der Waals surface area contributed by atoms with Crippen LogP contribution in [0.3, 0.4) is 0 Å². The van der Waals surface area contributed by atoms with Crippen molar-refractivity contribution >= 4 is 29.5 Å². The number of carbonyl (C=O) groups excluding carboxylic acids is 2. The largest absolute Gasteiger partial charge is 0.496 e. The molecular weight excluding hydrogens is 344 g/mol. The van der Waals surface area contributed by atoms with Crippen molar-refractivity contribution < 1.29 is 19.1 Å². The van der Waals surface area contributed by atoms with Gasteiger partial charge in [0, 0.05) is 23.0 Å². The maximum absolute atomic E-state index is 12.2. The van der Waals surface area contributed by atoms with Gasteiger partial charge in [-0.1, -0.05) is 24.3 Å². The molecule has 2 aromatic carbocycles. The number of benzene rings is 2. The second-order valence-electron chi connectivity index (χ2n) is 6.77. The zero-order valence-electron chi connectivity index (χ0n) is 15.9. The number of methoxy groups -OCH3 is 1. The van der Waals surface area contributed by atoms with Gasteiger partial charge in [-0.15, -0.1) is 0 Å². The van der Waals surface area contributed by atoms with Gasteiger partial charge in [0.15, 0.2) is 0 Å². The molecule has 0 aliphatic carbocycles. The molecule has 2 aromatic rings. The van der Waals surface area contributed by atoms with Crippen LogP contribution in [-0.2, 0) is 9.53 Å². The van der Waals surface area contributed by atoms with Crippen LogP contribution in [0, 0.1) is 0 Å². The second-order valence-corrected chi connectivity index (χ2v) is 6.77. The van der Waals surface area contributed by atoms with Crippen LogP contribution in [0.15, 0.2) is 54.6 Å². The van der Waals surface area contributed by atoms with E-state index in [0.29, 0.717) is 17.1 Å². The molecular formula is C21H24N2O4. The van der Waals surface area contributed by atoms with Crippen molar-refractivity contribution in [1.82, 2.24) is 0 Å². The van der Waals surface area contributed by atoms with Crippen LogP contribution >= 0.6 is 0 Å². The minimum absolute atomic E-state index is 0.296. The first kappa shape index (κ1) is 20.0. The highest BCUT2D eigenvalue weighted by molar-refractivity contribution is 6.02. The Balaban J connectivity index is 2.00. The van der Waals surface area contributed by atoms with Crippen molar-refractivity contribution in [3.8, 4) is 5.75 Å². The first-order valence-corrected chi connectivity index (χ1v) is 8.49. The van der Waals surface area contributed by atoms with Crippen LogP contribution in [-0.4, -0.2) is 24.7 Å². The molecule has 0 saturated carbocycles. The number of hydrogen-bond acceptors (Lipinski definition) is 4. The molecule has 27 heavy (non-hydrogen) atoms. The second kappa shape index (κ2) is 8.89. The molecule has 6 nitrogen and oxygen atoms in total. The molecule has 0 fully saturated rings. The lowest BCUT2D eigenvalue weighted by Crippen LogP contribution is -2.27. The van der Waals surface area contributed by atoms with Crippen LogP contribution in [0.4, 0.5) is 16.2 Å². The lowest BCUT2D eigenvalue weighted by molar-refractivity contribution is -0.111. The number of hydrogen-bond donors (Lipinski definition) is 2. The predicted molar refractivity (Wildman–Crippen MR) is 107 cm³/mol. The number of carbonyl (C=O) groups is 2. The number of anilines is 2. The standard InChI is InChI=1S/C21H24N2O4/c1-21(2,3)27-20(25)23-17-10-7-9-16(14-17)22-19(24)13-12-15-8-5-6-11-18(15)26-4/h5-14H,1-4H3,(H,22,24)(H,23,25)/b13-12+. The first-order valence-electron chi connectivity index (χ1n) is 8.49. The van der Waals surface area contributed by atoms with E-state index in [1.54, 1.807) is 58.2 Å². The number of nitrogens with one attached hydrogen (secondary N) is 2. The van der Waals surface area contributed by atoms with E-state index in [-0.39, 0.29) is 5.91 Å². The maximum Gasteiger partial charge on any atom is 0.412 e. The SMILES string of the molecule is COc1ccccc1/C=C/C(=O)Nc1cccc(NC(=O)OC(C)(C)C)c1. The van der Waals surface area contributed by atoms with Crippen molar-refractivity contribution in [2.45, 2.75) is 26.4 Å². The van der Waals surface area contributed by atoms with Crippen molar-refractivity contribution in [2.75, 3.05) is 17.7 Å². The summed E-state index contributed by atoms with van der Waals surface area (Å²) in [6.45, 7) is 5.37. The van der Waals surface area contributed by atoms with E-state index in [9.17, 15) is 9.59 Å². The molecule has 0 aliphatic rings.